The summed E-state index contributed by atoms with van der Waals surface area (Å²) in [5, 5.41) is 22.1. The Morgan fingerprint density at radius 2 is 1.76 bits per heavy atom. The van der Waals surface area contributed by atoms with Crippen LogP contribution >= 0.6 is 0 Å². The number of hydrogen-bond donors (Lipinski definition) is 1. The van der Waals surface area contributed by atoms with Crippen molar-refractivity contribution in [1.29, 1.82) is 5.26 Å². The molecule has 4 atom stereocenters. The first-order valence-corrected chi connectivity index (χ1v) is 17.5. The molecule has 1 aromatic carbocycles. The fraction of sp³-hybridized carbons (Fsp3) is 0.556. The maximum atomic E-state index is 9.69. The zero-order chi connectivity index (χ0) is 35.0. The Morgan fingerprint density at radius 3 is 2.44 bits per heavy atom. The third kappa shape index (κ3) is 8.95. The van der Waals surface area contributed by atoms with Gasteiger partial charge in [0.05, 0.1) is 49.3 Å². The molecule has 4 heterocycles. The smallest absolute Gasteiger partial charge is 0.256 e. The molecule has 1 aliphatic carbocycles. The first-order chi connectivity index (χ1) is 24.3. The highest BCUT2D eigenvalue weighted by Gasteiger charge is 2.32. The van der Waals surface area contributed by atoms with Gasteiger partial charge in [0, 0.05) is 50.6 Å². The molecule has 0 bridgehead atoms. The average Bonchev–Trinajstić information content (AvgIpc) is 3.78. The first-order valence-electron chi connectivity index (χ1n) is 17.5. The van der Waals surface area contributed by atoms with Gasteiger partial charge in [-0.1, -0.05) is 6.07 Å². The predicted molar refractivity (Wildman–Crippen MR) is 187 cm³/mol. The summed E-state index contributed by atoms with van der Waals surface area (Å²) in [5.74, 6) is 1.43. The summed E-state index contributed by atoms with van der Waals surface area (Å²) in [6.07, 6.45) is 14.1. The minimum Gasteiger partial charge on any atom is -0.487 e. The number of methoxy groups -OCH3 is 1. The van der Waals surface area contributed by atoms with E-state index in [0.29, 0.717) is 42.3 Å². The maximum absolute atomic E-state index is 9.69. The third-order valence-electron chi connectivity index (χ3n) is 9.44. The molecule has 1 saturated heterocycles. The van der Waals surface area contributed by atoms with Gasteiger partial charge >= 0.3 is 0 Å². The fourth-order valence-corrected chi connectivity index (χ4v) is 6.80. The largest absolute Gasteiger partial charge is 0.487 e. The molecule has 0 amide bonds. The van der Waals surface area contributed by atoms with Crippen LogP contribution in [0.25, 0.3) is 11.1 Å². The van der Waals surface area contributed by atoms with Gasteiger partial charge in [-0.05, 0) is 71.1 Å². The third-order valence-corrected chi connectivity index (χ3v) is 9.44. The summed E-state index contributed by atoms with van der Waals surface area (Å²) in [5.41, 5.74) is 2.78. The van der Waals surface area contributed by atoms with E-state index in [4.69, 9.17) is 24.0 Å². The van der Waals surface area contributed by atoms with Crippen LogP contribution in [-0.2, 0) is 16.0 Å². The maximum Gasteiger partial charge on any atom is 0.256 e. The van der Waals surface area contributed by atoms with E-state index < -0.39 is 0 Å². The van der Waals surface area contributed by atoms with Gasteiger partial charge in [0.15, 0.2) is 0 Å². The number of ether oxygens (including phenoxy) is 4. The molecule has 266 valence electrons. The molecule has 1 saturated carbocycles. The van der Waals surface area contributed by atoms with E-state index in [1.807, 2.05) is 32.2 Å². The van der Waals surface area contributed by atoms with Crippen LogP contribution < -0.4 is 14.8 Å². The second-order valence-electron chi connectivity index (χ2n) is 13.5. The summed E-state index contributed by atoms with van der Waals surface area (Å²) in [4.78, 5) is 15.8. The topological polar surface area (TPSA) is 150 Å². The summed E-state index contributed by atoms with van der Waals surface area (Å²) in [6, 6.07) is 8.53. The molecule has 50 heavy (non-hydrogen) atoms. The van der Waals surface area contributed by atoms with Gasteiger partial charge in [0.2, 0.25) is 5.95 Å². The number of nitrogens with zero attached hydrogens (tertiary/aromatic N) is 9. The molecule has 0 unspecified atom stereocenters. The van der Waals surface area contributed by atoms with Crippen LogP contribution in [0.15, 0.2) is 49.4 Å². The monoisotopic (exact) mass is 684 g/mol. The average molecular weight is 685 g/mol. The number of hydrogen-bond acceptors (Lipinski definition) is 12. The molecule has 14 nitrogen and oxygen atoms in total. The minimum absolute atomic E-state index is 0.0790. The van der Waals surface area contributed by atoms with Crippen molar-refractivity contribution >= 4 is 11.6 Å². The Morgan fingerprint density at radius 1 is 1.02 bits per heavy atom. The van der Waals surface area contributed by atoms with Crippen molar-refractivity contribution in [1.82, 2.24) is 39.4 Å². The normalized spacial score (nSPS) is 22.4. The van der Waals surface area contributed by atoms with Gasteiger partial charge in [-0.2, -0.15) is 10.4 Å². The number of anilines is 2. The number of aromatic nitrogens is 7. The van der Waals surface area contributed by atoms with E-state index in [-0.39, 0.29) is 30.5 Å². The van der Waals surface area contributed by atoms with Crippen LogP contribution in [0.4, 0.5) is 11.6 Å². The van der Waals surface area contributed by atoms with Crippen molar-refractivity contribution in [2.24, 2.45) is 0 Å². The second kappa shape index (κ2) is 16.4. The molecule has 2 aliphatic rings. The zero-order valence-electron chi connectivity index (χ0n) is 29.6. The van der Waals surface area contributed by atoms with E-state index in [1.54, 1.807) is 36.6 Å². The lowest BCUT2D eigenvalue weighted by molar-refractivity contribution is -0.0852. The van der Waals surface area contributed by atoms with Crippen LogP contribution in [0.3, 0.4) is 0 Å². The van der Waals surface area contributed by atoms with Gasteiger partial charge < -0.3 is 24.3 Å². The van der Waals surface area contributed by atoms with Gasteiger partial charge in [-0.25, -0.2) is 19.6 Å². The van der Waals surface area contributed by atoms with Crippen LogP contribution in [0.1, 0.15) is 71.4 Å². The van der Waals surface area contributed by atoms with Crippen molar-refractivity contribution in [2.45, 2.75) is 103 Å². The lowest BCUT2D eigenvalue weighted by Gasteiger charge is -2.42. The number of nitrogens with one attached hydrogen (secondary N) is 1. The number of nitriles is 1. The Bertz CT molecular complexity index is 1690. The van der Waals surface area contributed by atoms with E-state index >= 15 is 0 Å². The Hall–Kier alpha value is -4.58. The summed E-state index contributed by atoms with van der Waals surface area (Å²) >= 11 is 0. The lowest BCUT2D eigenvalue weighted by atomic mass is 9.89. The van der Waals surface area contributed by atoms with Crippen molar-refractivity contribution in [3.05, 3.63) is 55.0 Å². The molecular formula is C36H48N10O4. The fourth-order valence-electron chi connectivity index (χ4n) is 6.80. The second-order valence-corrected chi connectivity index (χ2v) is 13.5. The van der Waals surface area contributed by atoms with Gasteiger partial charge in [0.1, 0.15) is 36.3 Å². The number of rotatable bonds is 14. The van der Waals surface area contributed by atoms with Crippen molar-refractivity contribution in [3.63, 3.8) is 0 Å². The highest BCUT2D eigenvalue weighted by Crippen LogP contribution is 2.35. The minimum atomic E-state index is -0.232. The van der Waals surface area contributed by atoms with Gasteiger partial charge in [0.25, 0.3) is 5.88 Å². The van der Waals surface area contributed by atoms with Crippen LogP contribution in [0.2, 0.25) is 0 Å². The van der Waals surface area contributed by atoms with Crippen molar-refractivity contribution in [3.8, 4) is 28.8 Å². The van der Waals surface area contributed by atoms with Gasteiger partial charge in [-0.15, -0.1) is 5.10 Å². The van der Waals surface area contributed by atoms with E-state index in [1.165, 1.54) is 6.33 Å². The molecule has 1 aliphatic heterocycles. The number of morpholine rings is 1. The van der Waals surface area contributed by atoms with E-state index in [0.717, 1.165) is 62.0 Å². The highest BCUT2D eigenvalue weighted by molar-refractivity contribution is 5.67. The lowest BCUT2D eigenvalue weighted by Crippen LogP contribution is -2.51. The Balaban J connectivity index is 1.13. The highest BCUT2D eigenvalue weighted by atomic mass is 16.5. The molecule has 1 N–H and O–H groups in total. The van der Waals surface area contributed by atoms with E-state index in [2.05, 4.69) is 54.9 Å². The summed E-state index contributed by atoms with van der Waals surface area (Å²) < 4.78 is 27.4. The summed E-state index contributed by atoms with van der Waals surface area (Å²) in [7, 11) is 1.70. The van der Waals surface area contributed by atoms with Crippen LogP contribution in [0.5, 0.6) is 11.6 Å². The molecule has 0 radical (unpaired) electrons. The van der Waals surface area contributed by atoms with Crippen LogP contribution in [0, 0.1) is 11.3 Å². The molecule has 14 heteroatoms. The molecule has 6 rings (SSSR count). The van der Waals surface area contributed by atoms with Crippen LogP contribution in [-0.4, -0.2) is 96.7 Å². The standard InChI is InChI=1S/C36H48N10O4/c1-24(47-5)12-13-48-35-33(21-46(43-35)32-10-8-31(9-11-32)44-18-25(2)49-26(3)19-44)42-36-39-16-30(17-40-36)28-6-7-29(15-37)34(14-28)50-27(4)20-45-23-38-22-41-45/h6-7,14,16-17,21-27,31-32H,8-13,18-20H2,1-5H3,(H,39,40,42)/t24-,25-,26+,27-,31-,32-/m0/s1. The molecule has 0 spiro atoms. The zero-order valence-corrected chi connectivity index (χ0v) is 29.6. The molecule has 3 aromatic heterocycles. The summed E-state index contributed by atoms with van der Waals surface area (Å²) in [6.45, 7) is 11.3. The van der Waals surface area contributed by atoms with Crippen molar-refractivity contribution in [2.75, 3.05) is 32.1 Å². The Labute approximate surface area is 293 Å². The first kappa shape index (κ1) is 35.3. The number of benzene rings is 1. The van der Waals surface area contributed by atoms with Gasteiger partial charge in [-0.3, -0.25) is 9.58 Å². The SMILES string of the molecule is CO[C@@H](C)CCOc1nn([C@H]2CC[C@H](N3C[C@@H](C)O[C@@H](C)C3)CC2)cc1Nc1ncc(-c2ccc(C#N)c(O[C@@H](C)Cn3cncn3)c2)cn1. The molecule has 2 fully saturated rings. The molecular weight excluding hydrogens is 636 g/mol. The predicted octanol–water partition coefficient (Wildman–Crippen LogP) is 5.41. The molecule has 4 aromatic rings. The van der Waals surface area contributed by atoms with Crippen molar-refractivity contribution < 1.29 is 18.9 Å². The Kier molecular flexibility index (Phi) is 11.6. The van der Waals surface area contributed by atoms with E-state index in [9.17, 15) is 5.26 Å². The quantitative estimate of drug-likeness (QED) is 0.181.